The molecule has 7 aliphatic rings. The van der Waals surface area contributed by atoms with Crippen LogP contribution in [0, 0.1) is 46.1 Å². The van der Waals surface area contributed by atoms with Crippen LogP contribution in [-0.2, 0) is 13.1 Å². The van der Waals surface area contributed by atoms with Crippen molar-refractivity contribution in [3.63, 3.8) is 0 Å². The van der Waals surface area contributed by atoms with Crippen molar-refractivity contribution >= 4 is 28.7 Å². The summed E-state index contributed by atoms with van der Waals surface area (Å²) in [6.45, 7) is 18.6. The van der Waals surface area contributed by atoms with E-state index in [0.717, 1.165) is 132 Å². The summed E-state index contributed by atoms with van der Waals surface area (Å²) in [5.41, 5.74) is 21.3. The van der Waals surface area contributed by atoms with Crippen LogP contribution < -0.4 is 14.7 Å². The highest BCUT2D eigenvalue weighted by atomic mass is 35.5. The fraction of sp³-hybridized carbons (Fsp3) is 0.305. The van der Waals surface area contributed by atoms with E-state index in [2.05, 4.69) is 200 Å². The van der Waals surface area contributed by atoms with Gasteiger partial charge in [-0.05, 0) is 196 Å². The first-order valence-electron chi connectivity index (χ1n) is 35.4. The molecule has 7 aliphatic heterocycles. The summed E-state index contributed by atoms with van der Waals surface area (Å²) in [7, 11) is 6.54. The van der Waals surface area contributed by atoms with Crippen LogP contribution in [0.1, 0.15) is 68.3 Å². The maximum absolute atomic E-state index is 13.5. The van der Waals surface area contributed by atoms with Crippen molar-refractivity contribution in [3.05, 3.63) is 228 Å². The molecule has 0 amide bonds. The number of rotatable bonds is 9. The third-order valence-electron chi connectivity index (χ3n) is 22.4. The lowest BCUT2D eigenvalue weighted by atomic mass is 9.79. The molecule has 16 nitrogen and oxygen atoms in total. The maximum Gasteiger partial charge on any atom is 0.185 e. The molecule has 0 radical (unpaired) electrons. The summed E-state index contributed by atoms with van der Waals surface area (Å²) in [6.07, 6.45) is 17.7. The van der Waals surface area contributed by atoms with Gasteiger partial charge in [0.25, 0.3) is 0 Å². The molecular formula is C82H81ClF2N16. The molecule has 0 unspecified atom stereocenters. The van der Waals surface area contributed by atoms with Crippen LogP contribution in [0.4, 0.5) is 25.8 Å². The predicted molar refractivity (Wildman–Crippen MR) is 398 cm³/mol. The van der Waals surface area contributed by atoms with E-state index in [-0.39, 0.29) is 17.7 Å². The van der Waals surface area contributed by atoms with E-state index in [0.29, 0.717) is 34.5 Å². The molecule has 6 aromatic carbocycles. The van der Waals surface area contributed by atoms with E-state index in [1.807, 2.05) is 73.3 Å². The molecule has 13 heterocycles. The van der Waals surface area contributed by atoms with Crippen molar-refractivity contribution in [1.29, 1.82) is 5.26 Å². The third-order valence-corrected chi connectivity index (χ3v) is 22.8. The largest absolute Gasteiger partial charge is 0.371 e. The lowest BCUT2D eigenvalue weighted by Crippen LogP contribution is -2.55. The quantitative estimate of drug-likeness (QED) is 0.138. The Morgan fingerprint density at radius 3 is 1.91 bits per heavy atom. The number of benzene rings is 6. The average Bonchev–Trinajstić information content (AvgIpc) is 1.61. The van der Waals surface area contributed by atoms with Crippen LogP contribution in [0.5, 0.6) is 0 Å². The van der Waals surface area contributed by atoms with Gasteiger partial charge >= 0.3 is 0 Å². The van der Waals surface area contributed by atoms with E-state index < -0.39 is 0 Å². The number of likely N-dealkylation sites (tertiary alicyclic amines) is 1. The Balaban J connectivity index is 0.000000113. The molecule has 19 rings (SSSR count). The Morgan fingerprint density at radius 2 is 1.24 bits per heavy atom. The van der Waals surface area contributed by atoms with Crippen LogP contribution in [-0.4, -0.2) is 137 Å². The summed E-state index contributed by atoms with van der Waals surface area (Å²) in [4.78, 5) is 21.7. The van der Waals surface area contributed by atoms with Gasteiger partial charge in [-0.2, -0.15) is 5.26 Å². The fourth-order valence-corrected chi connectivity index (χ4v) is 17.4. The highest BCUT2D eigenvalue weighted by molar-refractivity contribution is 6.32. The lowest BCUT2D eigenvalue weighted by molar-refractivity contribution is 0.0424. The summed E-state index contributed by atoms with van der Waals surface area (Å²) in [5.74, 6) is 4.33. The maximum atomic E-state index is 13.5. The molecule has 101 heavy (non-hydrogen) atoms. The van der Waals surface area contributed by atoms with E-state index in [1.165, 1.54) is 102 Å². The molecule has 19 heteroatoms. The lowest BCUT2D eigenvalue weighted by Gasteiger charge is -2.46. The molecule has 4 atom stereocenters. The summed E-state index contributed by atoms with van der Waals surface area (Å²) < 4.78 is 40.1. The minimum absolute atomic E-state index is 0.133. The van der Waals surface area contributed by atoms with Gasteiger partial charge in [-0.1, -0.05) is 68.3 Å². The molecule has 0 aliphatic carbocycles. The highest BCUT2D eigenvalue weighted by Crippen LogP contribution is 2.46. The van der Waals surface area contributed by atoms with Gasteiger partial charge in [0.1, 0.15) is 23.1 Å². The van der Waals surface area contributed by atoms with E-state index in [1.54, 1.807) is 6.33 Å². The Labute approximate surface area is 593 Å². The molecular weight excluding hydrogens is 1280 g/mol. The van der Waals surface area contributed by atoms with Crippen LogP contribution in [0.25, 0.3) is 85.0 Å². The van der Waals surface area contributed by atoms with Gasteiger partial charge in [-0.15, -0.1) is 10.2 Å². The number of nitrogens with zero attached hydrogens (tertiary/aromatic N) is 16. The molecule has 0 bridgehead atoms. The van der Waals surface area contributed by atoms with Gasteiger partial charge in [0.05, 0.1) is 58.4 Å². The van der Waals surface area contributed by atoms with Gasteiger partial charge < -0.3 is 38.2 Å². The van der Waals surface area contributed by atoms with Crippen molar-refractivity contribution in [2.75, 3.05) is 94.7 Å². The molecule has 0 N–H and O–H groups in total. The zero-order valence-corrected chi connectivity index (χ0v) is 58.7. The zero-order valence-electron chi connectivity index (χ0n) is 57.9. The molecule has 510 valence electrons. The predicted octanol–water partition coefficient (Wildman–Crippen LogP) is 15.9. The highest BCUT2D eigenvalue weighted by Gasteiger charge is 2.46. The number of fused-ring (bicyclic) bond motifs is 15. The van der Waals surface area contributed by atoms with Crippen molar-refractivity contribution < 1.29 is 8.78 Å². The SMILES string of the molecule is CC[C@@H]1CCN(c2ccc3c(c2)Cn2c(cc(-c4ccc(C#N)cc4)c2Cl)-c2nncn2-3)C1.CN1CC2(CCN(c3ccc4c(c3)Cn3cc(-c5ccc(F)cc5)cc3-c3nccn3-4)C2)C1.C[C@@H]1CN(c2ccc3c(c2)[C@H](C)n2cc(-c4ccc(F)cc4)cc2-c2nccn2-3)C[C@H]1CN(C)C. The number of nitriles is 1. The second kappa shape index (κ2) is 25.7. The number of hydrogen-bond acceptors (Lipinski definition) is 10. The first kappa shape index (κ1) is 64.1. The van der Waals surface area contributed by atoms with Crippen molar-refractivity contribution in [2.45, 2.75) is 59.2 Å². The molecule has 6 aromatic heterocycles. The normalized spacial score (nSPS) is 18.8. The van der Waals surface area contributed by atoms with Crippen molar-refractivity contribution in [1.82, 2.24) is 57.4 Å². The molecule has 0 saturated carbocycles. The van der Waals surface area contributed by atoms with Crippen LogP contribution in [0.15, 0.2) is 189 Å². The topological polar surface area (TPSA) is 121 Å². The van der Waals surface area contributed by atoms with Gasteiger partial charge in [0, 0.05) is 147 Å². The number of halogens is 3. The van der Waals surface area contributed by atoms with Gasteiger partial charge in [0.15, 0.2) is 17.5 Å². The fourth-order valence-electron chi connectivity index (χ4n) is 17.1. The summed E-state index contributed by atoms with van der Waals surface area (Å²) in [5, 5.41) is 18.4. The van der Waals surface area contributed by atoms with Gasteiger partial charge in [0.2, 0.25) is 0 Å². The molecule has 4 fully saturated rings. The zero-order chi connectivity index (χ0) is 68.9. The monoisotopic (exact) mass is 1360 g/mol. The number of aromatic nitrogens is 10. The average molecular weight is 1360 g/mol. The number of hydrogen-bond donors (Lipinski definition) is 0. The van der Waals surface area contributed by atoms with E-state index >= 15 is 0 Å². The van der Waals surface area contributed by atoms with Gasteiger partial charge in [-0.3, -0.25) is 13.7 Å². The number of imidazole rings is 2. The second-order valence-electron chi connectivity index (χ2n) is 29.4. The minimum Gasteiger partial charge on any atom is -0.371 e. The Kier molecular flexibility index (Phi) is 16.3. The van der Waals surface area contributed by atoms with Crippen LogP contribution in [0.2, 0.25) is 5.15 Å². The molecule has 4 saturated heterocycles. The van der Waals surface area contributed by atoms with Gasteiger partial charge in [-0.25, -0.2) is 18.7 Å². The Morgan fingerprint density at radius 1 is 0.614 bits per heavy atom. The van der Waals surface area contributed by atoms with Crippen LogP contribution in [0.3, 0.4) is 0 Å². The van der Waals surface area contributed by atoms with Crippen LogP contribution >= 0.6 is 11.6 Å². The van der Waals surface area contributed by atoms with Crippen molar-refractivity contribution in [3.8, 4) is 91.1 Å². The number of anilines is 3. The second-order valence-corrected chi connectivity index (χ2v) is 29.7. The molecule has 12 aromatic rings. The van der Waals surface area contributed by atoms with E-state index in [4.69, 9.17) is 21.8 Å². The standard InChI is InChI=1S/C29H32FN5.C27H26FN5.C26H23ClN6/c1-19-15-33(17-23(19)16-32(3)4)25-9-10-27-26(14-25)20(2)35-18-22(21-5-7-24(30)8-6-21)13-28(35)29-31-11-12-34(27)29;1-30-16-27(17-30)8-10-31(18-27)23-6-7-24-21(12-23)15-32-14-20(19-2-4-22(28)5-3-19)13-25(32)26-29-9-11-33(24)26;1-2-17-9-10-31(14-17)21-7-8-23-20(11-21)15-32-24(26-30-29-16-33(23)26)12-22(25(32)27)19-5-3-18(13-28)4-6-19/h5-14,18-20,23H,15-17H2,1-4H3;2-7,9,11-14H,8,10,15-18H2,1H3;3-8,11-12,16-17H,2,9-10,14-15H2,1H3/t19-,20+,23-;;17-/m1.1/s1. The minimum atomic E-state index is -0.219. The summed E-state index contributed by atoms with van der Waals surface area (Å²) in [6, 6.07) is 50.1. The third kappa shape index (κ3) is 11.7. The van der Waals surface area contributed by atoms with Crippen molar-refractivity contribution in [2.24, 2.45) is 23.2 Å². The summed E-state index contributed by atoms with van der Waals surface area (Å²) >= 11 is 6.96. The molecule has 1 spiro atoms. The Hall–Kier alpha value is -10.3. The first-order valence-corrected chi connectivity index (χ1v) is 35.8. The first-order chi connectivity index (χ1) is 49.1. The Bertz CT molecular complexity index is 5130. The smallest absolute Gasteiger partial charge is 0.185 e. The van der Waals surface area contributed by atoms with E-state index in [9.17, 15) is 8.78 Å².